The van der Waals surface area contributed by atoms with Crippen LogP contribution in [-0.4, -0.2) is 6.04 Å². The predicted molar refractivity (Wildman–Crippen MR) is 63.5 cm³/mol. The van der Waals surface area contributed by atoms with Gasteiger partial charge in [0, 0.05) is 11.7 Å². The number of benzene rings is 1. The zero-order chi connectivity index (χ0) is 10.4. The van der Waals surface area contributed by atoms with Crippen molar-refractivity contribution in [3.8, 4) is 0 Å². The number of nitrogens with one attached hydrogen (secondary N) is 1. The fraction of sp³-hybridized carbons (Fsp3) is 0.462. The second-order valence-electron chi connectivity index (χ2n) is 3.85. The summed E-state index contributed by atoms with van der Waals surface area (Å²) in [6, 6.07) is 8.98. The monoisotopic (exact) mass is 190 g/mol. The first-order chi connectivity index (χ1) is 6.74. The van der Waals surface area contributed by atoms with Crippen LogP contribution in [0.15, 0.2) is 24.3 Å². The molecule has 0 aromatic heterocycles. The molecule has 77 valence electrons. The fourth-order valence-electron chi connectivity index (χ4n) is 1.49. The average Bonchev–Trinajstić information content (AvgIpc) is 2.18. The molecule has 0 heterocycles. The quantitative estimate of drug-likeness (QED) is 0.744. The standard InChI is InChI=1S/C13H20N/c1-4-5-9-12(3)14-13-10-7-6-8-11(13)2/h4,6-8,10,12,14H,5,9H2,1-3H3. The molecule has 1 nitrogen and oxygen atoms in total. The van der Waals surface area contributed by atoms with Crippen molar-refractivity contribution < 1.29 is 0 Å². The molecule has 1 radical (unpaired) electrons. The molecule has 1 aromatic carbocycles. The lowest BCUT2D eigenvalue weighted by molar-refractivity contribution is 0.699. The Kier molecular flexibility index (Phi) is 4.51. The lowest BCUT2D eigenvalue weighted by Gasteiger charge is -2.16. The van der Waals surface area contributed by atoms with E-state index in [1.54, 1.807) is 0 Å². The van der Waals surface area contributed by atoms with Crippen LogP contribution in [0.1, 0.15) is 32.3 Å². The van der Waals surface area contributed by atoms with Crippen molar-refractivity contribution in [2.24, 2.45) is 0 Å². The maximum atomic E-state index is 3.52. The molecule has 0 amide bonds. The molecule has 1 N–H and O–H groups in total. The van der Waals surface area contributed by atoms with Gasteiger partial charge in [0.2, 0.25) is 0 Å². The van der Waals surface area contributed by atoms with Gasteiger partial charge in [0.15, 0.2) is 0 Å². The van der Waals surface area contributed by atoms with Crippen LogP contribution >= 0.6 is 0 Å². The van der Waals surface area contributed by atoms with Gasteiger partial charge >= 0.3 is 0 Å². The molecule has 1 heteroatoms. The molecular weight excluding hydrogens is 170 g/mol. The molecule has 0 spiro atoms. The number of anilines is 1. The Morgan fingerprint density at radius 2 is 2.07 bits per heavy atom. The van der Waals surface area contributed by atoms with Crippen molar-refractivity contribution in [1.29, 1.82) is 0 Å². The van der Waals surface area contributed by atoms with E-state index in [4.69, 9.17) is 0 Å². The highest BCUT2D eigenvalue weighted by molar-refractivity contribution is 5.50. The van der Waals surface area contributed by atoms with Gasteiger partial charge in [0.05, 0.1) is 0 Å². The van der Waals surface area contributed by atoms with Crippen LogP contribution in [0.3, 0.4) is 0 Å². The van der Waals surface area contributed by atoms with Crippen LogP contribution in [0.5, 0.6) is 0 Å². The highest BCUT2D eigenvalue weighted by Crippen LogP contribution is 2.15. The van der Waals surface area contributed by atoms with Crippen molar-refractivity contribution in [2.75, 3.05) is 5.32 Å². The maximum Gasteiger partial charge on any atom is 0.0371 e. The van der Waals surface area contributed by atoms with E-state index in [-0.39, 0.29) is 0 Å². The van der Waals surface area contributed by atoms with Gasteiger partial charge < -0.3 is 5.32 Å². The van der Waals surface area contributed by atoms with E-state index in [2.05, 4.69) is 56.8 Å². The van der Waals surface area contributed by atoms with Gasteiger partial charge in [0.1, 0.15) is 0 Å². The topological polar surface area (TPSA) is 12.0 Å². The first-order valence-electron chi connectivity index (χ1n) is 5.34. The van der Waals surface area contributed by atoms with Crippen molar-refractivity contribution in [1.82, 2.24) is 0 Å². The summed E-state index contributed by atoms with van der Waals surface area (Å²) in [4.78, 5) is 0. The molecule has 0 aliphatic carbocycles. The van der Waals surface area contributed by atoms with E-state index in [9.17, 15) is 0 Å². The lowest BCUT2D eigenvalue weighted by Crippen LogP contribution is -2.15. The first-order valence-corrected chi connectivity index (χ1v) is 5.34. The SMILES string of the molecule is C[CH]CCC(C)Nc1ccccc1C. The summed E-state index contributed by atoms with van der Waals surface area (Å²) in [5.74, 6) is 0. The Bertz CT molecular complexity index is 268. The van der Waals surface area contributed by atoms with Crippen molar-refractivity contribution in [3.05, 3.63) is 36.2 Å². The molecule has 0 saturated carbocycles. The summed E-state index contributed by atoms with van der Waals surface area (Å²) in [6.07, 6.45) is 4.60. The van der Waals surface area contributed by atoms with Crippen molar-refractivity contribution >= 4 is 5.69 Å². The third-order valence-electron chi connectivity index (χ3n) is 2.44. The molecule has 14 heavy (non-hydrogen) atoms. The number of aryl methyl sites for hydroxylation is 1. The number of rotatable bonds is 5. The highest BCUT2D eigenvalue weighted by Gasteiger charge is 2.02. The molecule has 1 atom stereocenters. The van der Waals surface area contributed by atoms with Crippen molar-refractivity contribution in [3.63, 3.8) is 0 Å². The zero-order valence-corrected chi connectivity index (χ0v) is 9.38. The van der Waals surface area contributed by atoms with Gasteiger partial charge in [-0.3, -0.25) is 0 Å². The first kappa shape index (κ1) is 11.1. The van der Waals surface area contributed by atoms with Crippen LogP contribution in [0.2, 0.25) is 0 Å². The van der Waals surface area contributed by atoms with Gasteiger partial charge in [-0.05, 0) is 44.7 Å². The normalized spacial score (nSPS) is 12.5. The van der Waals surface area contributed by atoms with Gasteiger partial charge in [-0.1, -0.05) is 25.1 Å². The third kappa shape index (κ3) is 3.41. The van der Waals surface area contributed by atoms with E-state index in [0.29, 0.717) is 6.04 Å². The largest absolute Gasteiger partial charge is 0.382 e. The number of para-hydroxylation sites is 1. The van der Waals surface area contributed by atoms with Gasteiger partial charge in [-0.15, -0.1) is 0 Å². The summed E-state index contributed by atoms with van der Waals surface area (Å²) in [5.41, 5.74) is 2.58. The number of hydrogen-bond acceptors (Lipinski definition) is 1. The second-order valence-corrected chi connectivity index (χ2v) is 3.85. The number of unbranched alkanes of at least 4 members (excludes halogenated alkanes) is 1. The minimum absolute atomic E-state index is 0.548. The maximum absolute atomic E-state index is 3.52. The van der Waals surface area contributed by atoms with Crippen LogP contribution < -0.4 is 5.32 Å². The summed E-state index contributed by atoms with van der Waals surface area (Å²) < 4.78 is 0. The summed E-state index contributed by atoms with van der Waals surface area (Å²) in [6.45, 7) is 6.48. The Balaban J connectivity index is 2.47. The molecule has 1 rings (SSSR count). The van der Waals surface area contributed by atoms with Crippen molar-refractivity contribution in [2.45, 2.75) is 39.7 Å². The Morgan fingerprint density at radius 3 is 2.71 bits per heavy atom. The smallest absolute Gasteiger partial charge is 0.0371 e. The summed E-state index contributed by atoms with van der Waals surface area (Å²) in [5, 5.41) is 3.52. The molecule has 0 fully saturated rings. The summed E-state index contributed by atoms with van der Waals surface area (Å²) >= 11 is 0. The lowest BCUT2D eigenvalue weighted by atomic mass is 10.1. The Morgan fingerprint density at radius 1 is 1.36 bits per heavy atom. The van der Waals surface area contributed by atoms with Crippen LogP contribution in [-0.2, 0) is 0 Å². The second kappa shape index (κ2) is 5.69. The minimum atomic E-state index is 0.548. The molecule has 0 aliphatic rings. The minimum Gasteiger partial charge on any atom is -0.382 e. The number of hydrogen-bond donors (Lipinski definition) is 1. The Labute approximate surface area is 87.5 Å². The molecule has 1 unspecified atom stereocenters. The molecule has 0 bridgehead atoms. The average molecular weight is 190 g/mol. The van der Waals surface area contributed by atoms with Gasteiger partial charge in [-0.2, -0.15) is 0 Å². The predicted octanol–water partition coefficient (Wildman–Crippen LogP) is 3.80. The Hall–Kier alpha value is -0.980. The van der Waals surface area contributed by atoms with Crippen LogP contribution in [0.25, 0.3) is 0 Å². The van der Waals surface area contributed by atoms with E-state index in [1.807, 2.05) is 0 Å². The van der Waals surface area contributed by atoms with Crippen LogP contribution in [0.4, 0.5) is 5.69 Å². The third-order valence-corrected chi connectivity index (χ3v) is 2.44. The fourth-order valence-corrected chi connectivity index (χ4v) is 1.49. The summed E-state index contributed by atoms with van der Waals surface area (Å²) in [7, 11) is 0. The van der Waals surface area contributed by atoms with E-state index in [1.165, 1.54) is 24.1 Å². The van der Waals surface area contributed by atoms with E-state index >= 15 is 0 Å². The molecule has 0 aliphatic heterocycles. The molecule has 0 saturated heterocycles. The van der Waals surface area contributed by atoms with E-state index in [0.717, 1.165) is 0 Å². The van der Waals surface area contributed by atoms with Gasteiger partial charge in [0.25, 0.3) is 0 Å². The molecule has 1 aromatic rings. The van der Waals surface area contributed by atoms with E-state index < -0.39 is 0 Å². The highest BCUT2D eigenvalue weighted by atomic mass is 14.9. The van der Waals surface area contributed by atoms with Crippen LogP contribution in [0, 0.1) is 13.3 Å². The zero-order valence-electron chi connectivity index (χ0n) is 9.38. The van der Waals surface area contributed by atoms with Gasteiger partial charge in [-0.25, -0.2) is 0 Å². The molecular formula is C13H20N.